The number of halogens is 1. The van der Waals surface area contributed by atoms with Crippen LogP contribution in [0.25, 0.3) is 0 Å². The van der Waals surface area contributed by atoms with Gasteiger partial charge < -0.3 is 14.8 Å². The first-order valence-corrected chi connectivity index (χ1v) is 7.45. The molecule has 1 N–H and O–H groups in total. The lowest BCUT2D eigenvalue weighted by Gasteiger charge is -2.39. The van der Waals surface area contributed by atoms with E-state index in [2.05, 4.69) is 5.32 Å². The van der Waals surface area contributed by atoms with Gasteiger partial charge in [0.05, 0.1) is 18.4 Å². The van der Waals surface area contributed by atoms with Crippen LogP contribution in [0.15, 0.2) is 18.2 Å². The molecule has 1 atom stereocenters. The van der Waals surface area contributed by atoms with Crippen LogP contribution in [-0.4, -0.2) is 25.4 Å². The van der Waals surface area contributed by atoms with Gasteiger partial charge in [0.2, 0.25) is 0 Å². The molecule has 1 aliphatic heterocycles. The zero-order chi connectivity index (χ0) is 14.0. The summed E-state index contributed by atoms with van der Waals surface area (Å²) in [6, 6.07) is 5.02. The molecule has 0 bridgehead atoms. The maximum absolute atomic E-state index is 13.2. The van der Waals surface area contributed by atoms with Crippen molar-refractivity contribution in [3.05, 3.63) is 24.0 Å². The number of benzene rings is 1. The van der Waals surface area contributed by atoms with Crippen molar-refractivity contribution < 1.29 is 13.9 Å². The molecule has 1 saturated carbocycles. The normalized spacial score (nSPS) is 24.8. The zero-order valence-electron chi connectivity index (χ0n) is 12.0. The lowest BCUT2D eigenvalue weighted by molar-refractivity contribution is -0.0767. The van der Waals surface area contributed by atoms with Crippen molar-refractivity contribution in [1.29, 1.82) is 0 Å². The van der Waals surface area contributed by atoms with Crippen LogP contribution < -0.4 is 10.1 Å². The first-order chi connectivity index (χ1) is 9.71. The van der Waals surface area contributed by atoms with Gasteiger partial charge >= 0.3 is 0 Å². The average molecular weight is 279 g/mol. The van der Waals surface area contributed by atoms with Gasteiger partial charge in [0.15, 0.2) is 0 Å². The van der Waals surface area contributed by atoms with Crippen LogP contribution in [0.2, 0.25) is 0 Å². The third kappa shape index (κ3) is 2.75. The van der Waals surface area contributed by atoms with E-state index in [4.69, 9.17) is 9.47 Å². The summed E-state index contributed by atoms with van der Waals surface area (Å²) in [7, 11) is 1.57. The summed E-state index contributed by atoms with van der Waals surface area (Å²) in [5, 5.41) is 3.51. The predicted molar refractivity (Wildman–Crippen MR) is 76.7 cm³/mol. The molecule has 1 aliphatic carbocycles. The van der Waals surface area contributed by atoms with Crippen molar-refractivity contribution in [2.24, 2.45) is 0 Å². The quantitative estimate of drug-likeness (QED) is 0.914. The van der Waals surface area contributed by atoms with E-state index in [-0.39, 0.29) is 11.4 Å². The number of methoxy groups -OCH3 is 1. The molecule has 3 rings (SSSR count). The van der Waals surface area contributed by atoms with E-state index in [1.165, 1.54) is 37.8 Å². The standard InChI is InChI=1S/C16H22FNO2/c1-19-15-10-12(17)4-5-14(15)18-13-6-9-20-16(11-13)7-2-3-8-16/h4-5,10,13,18H,2-3,6-9,11H2,1H3. The lowest BCUT2D eigenvalue weighted by Crippen LogP contribution is -2.42. The molecule has 2 fully saturated rings. The molecule has 4 heteroatoms. The second-order valence-electron chi connectivity index (χ2n) is 5.92. The molecule has 0 aromatic heterocycles. The first kappa shape index (κ1) is 13.7. The maximum atomic E-state index is 13.2. The van der Waals surface area contributed by atoms with Gasteiger partial charge in [0, 0.05) is 18.7 Å². The summed E-state index contributed by atoms with van der Waals surface area (Å²) in [5.74, 6) is 0.295. The minimum Gasteiger partial charge on any atom is -0.494 e. The van der Waals surface area contributed by atoms with Gasteiger partial charge in [-0.05, 0) is 37.8 Å². The van der Waals surface area contributed by atoms with Crippen LogP contribution in [0.4, 0.5) is 10.1 Å². The Bertz CT molecular complexity index is 472. The number of ether oxygens (including phenoxy) is 2. The molecular formula is C16H22FNO2. The van der Waals surface area contributed by atoms with Gasteiger partial charge in [-0.25, -0.2) is 4.39 Å². The Morgan fingerprint density at radius 2 is 2.15 bits per heavy atom. The second-order valence-corrected chi connectivity index (χ2v) is 5.92. The molecule has 110 valence electrons. The number of hydrogen-bond acceptors (Lipinski definition) is 3. The first-order valence-electron chi connectivity index (χ1n) is 7.45. The zero-order valence-corrected chi connectivity index (χ0v) is 12.0. The van der Waals surface area contributed by atoms with Gasteiger partial charge in [-0.3, -0.25) is 0 Å². The van der Waals surface area contributed by atoms with Gasteiger partial charge in [-0.1, -0.05) is 12.8 Å². The van der Waals surface area contributed by atoms with Crippen LogP contribution in [0.1, 0.15) is 38.5 Å². The molecule has 1 heterocycles. The minimum atomic E-state index is -0.272. The van der Waals surface area contributed by atoms with Crippen molar-refractivity contribution >= 4 is 5.69 Å². The van der Waals surface area contributed by atoms with E-state index in [1.54, 1.807) is 13.2 Å². The third-order valence-corrected chi connectivity index (χ3v) is 4.53. The minimum absolute atomic E-state index is 0.0865. The topological polar surface area (TPSA) is 30.5 Å². The Labute approximate surface area is 119 Å². The Balaban J connectivity index is 1.71. The monoisotopic (exact) mass is 279 g/mol. The fourth-order valence-electron chi connectivity index (χ4n) is 3.52. The number of nitrogens with one attached hydrogen (secondary N) is 1. The molecule has 1 aromatic carbocycles. The van der Waals surface area contributed by atoms with Crippen LogP contribution >= 0.6 is 0 Å². The van der Waals surface area contributed by atoms with Gasteiger partial charge in [-0.15, -0.1) is 0 Å². The summed E-state index contributed by atoms with van der Waals surface area (Å²) >= 11 is 0. The smallest absolute Gasteiger partial charge is 0.144 e. The highest BCUT2D eigenvalue weighted by molar-refractivity contribution is 5.57. The van der Waals surface area contributed by atoms with Gasteiger partial charge in [0.25, 0.3) is 0 Å². The summed E-state index contributed by atoms with van der Waals surface area (Å²) < 4.78 is 24.5. The van der Waals surface area contributed by atoms with Crippen LogP contribution in [0, 0.1) is 5.82 Å². The van der Waals surface area contributed by atoms with E-state index in [9.17, 15) is 4.39 Å². The van der Waals surface area contributed by atoms with Gasteiger partial charge in [-0.2, -0.15) is 0 Å². The summed E-state index contributed by atoms with van der Waals surface area (Å²) in [6.07, 6.45) is 6.91. The lowest BCUT2D eigenvalue weighted by atomic mass is 9.89. The van der Waals surface area contributed by atoms with Crippen molar-refractivity contribution in [2.75, 3.05) is 19.0 Å². The Kier molecular flexibility index (Phi) is 3.83. The highest BCUT2D eigenvalue weighted by Crippen LogP contribution is 2.41. The van der Waals surface area contributed by atoms with E-state index < -0.39 is 0 Å². The van der Waals surface area contributed by atoms with E-state index >= 15 is 0 Å². The van der Waals surface area contributed by atoms with Crippen LogP contribution in [0.5, 0.6) is 5.75 Å². The average Bonchev–Trinajstić information content (AvgIpc) is 2.89. The van der Waals surface area contributed by atoms with Crippen molar-refractivity contribution in [3.8, 4) is 5.75 Å². The molecule has 1 saturated heterocycles. The highest BCUT2D eigenvalue weighted by atomic mass is 19.1. The fourth-order valence-corrected chi connectivity index (χ4v) is 3.52. The predicted octanol–water partition coefficient (Wildman–Crippen LogP) is 3.74. The van der Waals surface area contributed by atoms with Gasteiger partial charge in [0.1, 0.15) is 11.6 Å². The number of rotatable bonds is 3. The van der Waals surface area contributed by atoms with Crippen molar-refractivity contribution in [2.45, 2.75) is 50.2 Å². The Morgan fingerprint density at radius 1 is 1.35 bits per heavy atom. The fraction of sp³-hybridized carbons (Fsp3) is 0.625. The van der Waals surface area contributed by atoms with Crippen molar-refractivity contribution in [1.82, 2.24) is 0 Å². The molecule has 1 unspecified atom stereocenters. The molecule has 20 heavy (non-hydrogen) atoms. The van der Waals surface area contributed by atoms with Crippen LogP contribution in [-0.2, 0) is 4.74 Å². The molecule has 0 amide bonds. The van der Waals surface area contributed by atoms with E-state index in [0.29, 0.717) is 11.8 Å². The highest BCUT2D eigenvalue weighted by Gasteiger charge is 2.39. The molecule has 0 radical (unpaired) electrons. The molecule has 1 aromatic rings. The summed E-state index contributed by atoms with van der Waals surface area (Å²) in [5.41, 5.74) is 0.956. The molecule has 3 nitrogen and oxygen atoms in total. The van der Waals surface area contributed by atoms with E-state index in [0.717, 1.165) is 25.1 Å². The molecular weight excluding hydrogens is 257 g/mol. The maximum Gasteiger partial charge on any atom is 0.144 e. The van der Waals surface area contributed by atoms with Crippen molar-refractivity contribution in [3.63, 3.8) is 0 Å². The third-order valence-electron chi connectivity index (χ3n) is 4.53. The largest absolute Gasteiger partial charge is 0.494 e. The van der Waals surface area contributed by atoms with Crippen LogP contribution in [0.3, 0.4) is 0 Å². The Hall–Kier alpha value is -1.29. The molecule has 2 aliphatic rings. The number of anilines is 1. The SMILES string of the molecule is COc1cc(F)ccc1NC1CCOC2(CCCC2)C1. The summed E-state index contributed by atoms with van der Waals surface area (Å²) in [4.78, 5) is 0. The second kappa shape index (κ2) is 5.60. The number of hydrogen-bond donors (Lipinski definition) is 1. The Morgan fingerprint density at radius 3 is 2.90 bits per heavy atom. The molecule has 1 spiro atoms. The summed E-state index contributed by atoms with van der Waals surface area (Å²) in [6.45, 7) is 0.807. The van der Waals surface area contributed by atoms with E-state index in [1.807, 2.05) is 0 Å².